The largest absolute Gasteiger partial charge is 0.289 e. The zero-order valence-electron chi connectivity index (χ0n) is 15.9. The van der Waals surface area contributed by atoms with Crippen LogP contribution in [0.3, 0.4) is 0 Å². The molecule has 0 saturated heterocycles. The zero-order valence-corrected chi connectivity index (χ0v) is 15.9. The van der Waals surface area contributed by atoms with Crippen molar-refractivity contribution in [3.05, 3.63) is 114 Å². The van der Waals surface area contributed by atoms with E-state index in [9.17, 15) is 13.6 Å². The number of pyridine rings is 1. The minimum absolute atomic E-state index is 0.540. The van der Waals surface area contributed by atoms with E-state index in [2.05, 4.69) is 10.1 Å². The van der Waals surface area contributed by atoms with Gasteiger partial charge in [-0.3, -0.25) is 14.5 Å². The minimum Gasteiger partial charge on any atom is -0.289 e. The molecular weight excluding hydrogens is 384 g/mol. The maximum Gasteiger partial charge on any atom is 0.191 e. The Morgan fingerprint density at radius 3 is 2.43 bits per heavy atom. The molecular formula is C24H17F2N3O. The average molecular weight is 401 g/mol. The molecule has 0 N–H and O–H groups in total. The highest BCUT2D eigenvalue weighted by atomic mass is 19.1. The third kappa shape index (κ3) is 4.22. The van der Waals surface area contributed by atoms with Gasteiger partial charge in [-0.15, -0.1) is 0 Å². The summed E-state index contributed by atoms with van der Waals surface area (Å²) in [5.74, 6) is -2.53. The summed E-state index contributed by atoms with van der Waals surface area (Å²) < 4.78 is 29.6. The third-order valence-electron chi connectivity index (χ3n) is 4.54. The van der Waals surface area contributed by atoms with Gasteiger partial charge < -0.3 is 0 Å². The maximum absolute atomic E-state index is 13.9. The molecule has 0 atom stereocenters. The molecule has 0 aliphatic carbocycles. The number of carbonyl (C=O) groups is 1. The van der Waals surface area contributed by atoms with E-state index >= 15 is 0 Å². The fourth-order valence-corrected chi connectivity index (χ4v) is 3.12. The van der Waals surface area contributed by atoms with Crippen LogP contribution in [0.5, 0.6) is 0 Å². The van der Waals surface area contributed by atoms with Crippen LogP contribution in [0.1, 0.15) is 21.5 Å². The van der Waals surface area contributed by atoms with E-state index in [1.54, 1.807) is 29.3 Å². The molecule has 0 aliphatic rings. The summed E-state index contributed by atoms with van der Waals surface area (Å²) in [4.78, 5) is 16.5. The van der Waals surface area contributed by atoms with Crippen molar-refractivity contribution in [3.8, 4) is 11.3 Å². The van der Waals surface area contributed by atoms with Gasteiger partial charge >= 0.3 is 0 Å². The molecule has 4 rings (SSSR count). The second-order valence-corrected chi connectivity index (χ2v) is 6.65. The zero-order chi connectivity index (χ0) is 20.9. The maximum atomic E-state index is 13.9. The molecule has 0 radical (unpaired) electrons. The fraction of sp³-hybridized carbons (Fsp3) is 0.0417. The van der Waals surface area contributed by atoms with Crippen molar-refractivity contribution in [2.45, 2.75) is 6.54 Å². The first-order valence-electron chi connectivity index (χ1n) is 9.30. The Morgan fingerprint density at radius 1 is 0.967 bits per heavy atom. The van der Waals surface area contributed by atoms with Gasteiger partial charge in [0, 0.05) is 29.7 Å². The van der Waals surface area contributed by atoms with Gasteiger partial charge in [0.2, 0.25) is 0 Å². The molecule has 148 valence electrons. The number of hydrogen-bond donors (Lipinski definition) is 0. The molecule has 6 heteroatoms. The number of ketones is 1. The number of benzene rings is 2. The average Bonchev–Trinajstić information content (AvgIpc) is 3.16. The van der Waals surface area contributed by atoms with Gasteiger partial charge in [0.25, 0.3) is 0 Å². The van der Waals surface area contributed by atoms with Crippen LogP contribution < -0.4 is 0 Å². The van der Waals surface area contributed by atoms with E-state index in [4.69, 9.17) is 0 Å². The summed E-state index contributed by atoms with van der Waals surface area (Å²) in [5, 5.41) is 4.63. The van der Waals surface area contributed by atoms with Gasteiger partial charge in [0.1, 0.15) is 17.3 Å². The van der Waals surface area contributed by atoms with Gasteiger partial charge in [-0.2, -0.15) is 5.10 Å². The van der Waals surface area contributed by atoms with Crippen molar-refractivity contribution in [1.29, 1.82) is 0 Å². The summed E-state index contributed by atoms with van der Waals surface area (Å²) >= 11 is 0. The Bertz CT molecular complexity index is 1180. The number of allylic oxidation sites excluding steroid dienone is 1. The number of carbonyl (C=O) groups excluding carboxylic acids is 1. The van der Waals surface area contributed by atoms with Crippen molar-refractivity contribution < 1.29 is 13.6 Å². The lowest BCUT2D eigenvalue weighted by atomic mass is 10.1. The van der Waals surface area contributed by atoms with Crippen LogP contribution in [-0.2, 0) is 6.54 Å². The molecule has 0 fully saturated rings. The molecule has 4 nitrogen and oxygen atoms in total. The van der Waals surface area contributed by atoms with Crippen molar-refractivity contribution in [2.75, 3.05) is 0 Å². The minimum atomic E-state index is -0.892. The van der Waals surface area contributed by atoms with Crippen molar-refractivity contribution in [1.82, 2.24) is 14.8 Å². The van der Waals surface area contributed by atoms with Crippen molar-refractivity contribution in [2.24, 2.45) is 0 Å². The number of hydrogen-bond acceptors (Lipinski definition) is 3. The van der Waals surface area contributed by atoms with Crippen LogP contribution in [0, 0.1) is 11.6 Å². The van der Waals surface area contributed by atoms with E-state index in [-0.39, 0.29) is 0 Å². The van der Waals surface area contributed by atoms with E-state index in [0.29, 0.717) is 17.8 Å². The lowest BCUT2D eigenvalue weighted by molar-refractivity contribution is 0.104. The fourth-order valence-electron chi connectivity index (χ4n) is 3.12. The summed E-state index contributed by atoms with van der Waals surface area (Å²) in [5.41, 5.74) is 2.53. The highest BCUT2D eigenvalue weighted by Crippen LogP contribution is 2.23. The van der Waals surface area contributed by atoms with E-state index in [1.807, 2.05) is 36.4 Å². The predicted molar refractivity (Wildman–Crippen MR) is 111 cm³/mol. The van der Waals surface area contributed by atoms with Gasteiger partial charge in [0.15, 0.2) is 5.78 Å². The molecule has 2 aromatic heterocycles. The lowest BCUT2D eigenvalue weighted by Gasteiger charge is -2.01. The SMILES string of the molecule is O=C(/C=C/c1cn(Cc2ccccc2)nc1-c1cccnc1)c1c(F)cccc1F. The van der Waals surface area contributed by atoms with E-state index < -0.39 is 23.0 Å². The van der Waals surface area contributed by atoms with Gasteiger partial charge in [-0.1, -0.05) is 36.4 Å². The van der Waals surface area contributed by atoms with Gasteiger partial charge in [0.05, 0.1) is 12.1 Å². The Labute approximate surface area is 172 Å². The lowest BCUT2D eigenvalue weighted by Crippen LogP contribution is -2.02. The first kappa shape index (κ1) is 19.4. The molecule has 0 amide bonds. The Hall–Kier alpha value is -3.93. The van der Waals surface area contributed by atoms with Crippen LogP contribution in [0.15, 0.2) is 85.3 Å². The summed E-state index contributed by atoms with van der Waals surface area (Å²) in [6, 6.07) is 16.8. The third-order valence-corrected chi connectivity index (χ3v) is 4.54. The first-order valence-corrected chi connectivity index (χ1v) is 9.30. The monoisotopic (exact) mass is 401 g/mol. The highest BCUT2D eigenvalue weighted by molar-refractivity contribution is 6.07. The summed E-state index contributed by atoms with van der Waals surface area (Å²) in [6.07, 6.45) is 7.79. The molecule has 0 saturated carbocycles. The van der Waals surface area contributed by atoms with Crippen LogP contribution >= 0.6 is 0 Å². The number of nitrogens with zero attached hydrogens (tertiary/aromatic N) is 3. The molecule has 0 aliphatic heterocycles. The molecule has 2 aromatic carbocycles. The Balaban J connectivity index is 1.69. The van der Waals surface area contributed by atoms with Crippen LogP contribution in [0.2, 0.25) is 0 Å². The van der Waals surface area contributed by atoms with E-state index in [0.717, 1.165) is 29.3 Å². The Kier molecular flexibility index (Phi) is 5.57. The number of aromatic nitrogens is 3. The van der Waals surface area contributed by atoms with Gasteiger partial charge in [-0.25, -0.2) is 8.78 Å². The highest BCUT2D eigenvalue weighted by Gasteiger charge is 2.15. The normalized spacial score (nSPS) is 11.1. The number of rotatable bonds is 6. The van der Waals surface area contributed by atoms with Crippen molar-refractivity contribution in [3.63, 3.8) is 0 Å². The molecule has 0 unspecified atom stereocenters. The van der Waals surface area contributed by atoms with Crippen molar-refractivity contribution >= 4 is 11.9 Å². The quantitative estimate of drug-likeness (QED) is 0.331. The number of halogens is 2. The molecule has 4 aromatic rings. The molecule has 0 spiro atoms. The first-order chi connectivity index (χ1) is 14.6. The molecule has 0 bridgehead atoms. The van der Waals surface area contributed by atoms with Crippen LogP contribution in [0.25, 0.3) is 17.3 Å². The van der Waals surface area contributed by atoms with E-state index in [1.165, 1.54) is 12.1 Å². The smallest absolute Gasteiger partial charge is 0.191 e. The Morgan fingerprint density at radius 2 is 1.73 bits per heavy atom. The standard InChI is InChI=1S/C24H17F2N3O/c25-20-9-4-10-21(26)23(20)22(30)12-11-19-16-29(15-17-6-2-1-3-7-17)28-24(19)18-8-5-13-27-14-18/h1-14,16H,15H2/b12-11+. The van der Waals surface area contributed by atoms with Crippen LogP contribution in [-0.4, -0.2) is 20.5 Å². The molecule has 2 heterocycles. The second-order valence-electron chi connectivity index (χ2n) is 6.65. The second kappa shape index (κ2) is 8.61. The van der Waals surface area contributed by atoms with Gasteiger partial charge in [-0.05, 0) is 42.0 Å². The summed E-state index contributed by atoms with van der Waals surface area (Å²) in [7, 11) is 0. The summed E-state index contributed by atoms with van der Waals surface area (Å²) in [6.45, 7) is 0.540. The van der Waals surface area contributed by atoms with Crippen LogP contribution in [0.4, 0.5) is 8.78 Å². The topological polar surface area (TPSA) is 47.8 Å². The molecule has 30 heavy (non-hydrogen) atoms. The predicted octanol–water partition coefficient (Wildman–Crippen LogP) is 5.17.